The van der Waals surface area contributed by atoms with Crippen molar-refractivity contribution in [1.29, 1.82) is 0 Å². The summed E-state index contributed by atoms with van der Waals surface area (Å²) in [6.07, 6.45) is 3.58. The highest BCUT2D eigenvalue weighted by molar-refractivity contribution is 6.32. The standard InChI is InChI=1S/C9H13ClO/c1-5-8(11-4)6-9(10)7(2)3/h5-6H,2H2,1,3-4H3/b8-5+,9-6+. The van der Waals surface area contributed by atoms with Crippen molar-refractivity contribution in [3.8, 4) is 0 Å². The molecule has 0 aliphatic rings. The summed E-state index contributed by atoms with van der Waals surface area (Å²) >= 11 is 5.81. The summed E-state index contributed by atoms with van der Waals surface area (Å²) in [5.41, 5.74) is 0.836. The average molecular weight is 173 g/mol. The Balaban J connectivity index is 4.40. The fourth-order valence-electron chi connectivity index (χ4n) is 0.508. The molecule has 1 nitrogen and oxygen atoms in total. The monoisotopic (exact) mass is 172 g/mol. The van der Waals surface area contributed by atoms with Crippen LogP contribution in [-0.4, -0.2) is 7.11 Å². The number of rotatable bonds is 3. The van der Waals surface area contributed by atoms with Crippen molar-refractivity contribution >= 4 is 11.6 Å². The van der Waals surface area contributed by atoms with Crippen LogP contribution >= 0.6 is 11.6 Å². The molecule has 0 aliphatic carbocycles. The molecule has 0 aromatic carbocycles. The lowest BCUT2D eigenvalue weighted by Crippen LogP contribution is -1.82. The molecule has 0 aromatic rings. The van der Waals surface area contributed by atoms with Crippen molar-refractivity contribution in [2.24, 2.45) is 0 Å². The van der Waals surface area contributed by atoms with Gasteiger partial charge in [-0.25, -0.2) is 0 Å². The van der Waals surface area contributed by atoms with Crippen molar-refractivity contribution in [3.63, 3.8) is 0 Å². The van der Waals surface area contributed by atoms with E-state index in [0.717, 1.165) is 11.3 Å². The van der Waals surface area contributed by atoms with Gasteiger partial charge in [0.15, 0.2) is 0 Å². The Bertz CT molecular complexity index is 202. The molecule has 11 heavy (non-hydrogen) atoms. The third-order valence-corrected chi connectivity index (χ3v) is 1.63. The van der Waals surface area contributed by atoms with Crippen LogP contribution in [0.25, 0.3) is 0 Å². The fourth-order valence-corrected chi connectivity index (χ4v) is 0.616. The molecule has 0 atom stereocenters. The third kappa shape index (κ3) is 3.89. The fraction of sp³-hybridized carbons (Fsp3) is 0.333. The van der Waals surface area contributed by atoms with E-state index in [-0.39, 0.29) is 0 Å². The van der Waals surface area contributed by atoms with E-state index in [9.17, 15) is 0 Å². The minimum atomic E-state index is 0.625. The van der Waals surface area contributed by atoms with E-state index >= 15 is 0 Å². The molecular weight excluding hydrogens is 160 g/mol. The van der Waals surface area contributed by atoms with Gasteiger partial charge in [-0.3, -0.25) is 0 Å². The summed E-state index contributed by atoms with van der Waals surface area (Å²) in [6, 6.07) is 0. The van der Waals surface area contributed by atoms with Crippen LogP contribution in [0.5, 0.6) is 0 Å². The summed E-state index contributed by atoms with van der Waals surface area (Å²) in [5, 5.41) is 0.625. The molecule has 0 heterocycles. The predicted molar refractivity (Wildman–Crippen MR) is 49.5 cm³/mol. The average Bonchev–Trinajstić information content (AvgIpc) is 1.99. The Kier molecular flexibility index (Phi) is 4.71. The maximum atomic E-state index is 5.81. The highest BCUT2D eigenvalue weighted by atomic mass is 35.5. The number of allylic oxidation sites excluding steroid dienone is 4. The van der Waals surface area contributed by atoms with E-state index < -0.39 is 0 Å². The molecule has 0 fully saturated rings. The normalized spacial score (nSPS) is 13.1. The molecule has 0 amide bonds. The first-order valence-corrected chi connectivity index (χ1v) is 3.73. The van der Waals surface area contributed by atoms with Crippen LogP contribution in [-0.2, 0) is 4.74 Å². The van der Waals surface area contributed by atoms with Gasteiger partial charge in [-0.2, -0.15) is 0 Å². The van der Waals surface area contributed by atoms with E-state index in [1.165, 1.54) is 0 Å². The Morgan fingerprint density at radius 3 is 2.36 bits per heavy atom. The molecule has 0 unspecified atom stereocenters. The van der Waals surface area contributed by atoms with Gasteiger partial charge < -0.3 is 4.74 Å². The second-order valence-electron chi connectivity index (χ2n) is 2.17. The van der Waals surface area contributed by atoms with Gasteiger partial charge in [-0.15, -0.1) is 0 Å². The molecule has 0 radical (unpaired) electrons. The maximum absolute atomic E-state index is 5.81. The van der Waals surface area contributed by atoms with Crippen LogP contribution in [0.4, 0.5) is 0 Å². The van der Waals surface area contributed by atoms with Gasteiger partial charge in [-0.05, 0) is 31.6 Å². The topological polar surface area (TPSA) is 9.23 Å². The first-order chi connectivity index (χ1) is 5.11. The zero-order chi connectivity index (χ0) is 8.85. The largest absolute Gasteiger partial charge is 0.497 e. The molecule has 0 aromatic heterocycles. The van der Waals surface area contributed by atoms with Crippen LogP contribution in [0.1, 0.15) is 13.8 Å². The second kappa shape index (κ2) is 5.03. The molecule has 0 saturated heterocycles. The van der Waals surface area contributed by atoms with Crippen molar-refractivity contribution in [3.05, 3.63) is 35.1 Å². The van der Waals surface area contributed by atoms with Crippen LogP contribution in [0.3, 0.4) is 0 Å². The lowest BCUT2D eigenvalue weighted by molar-refractivity contribution is 0.306. The Hall–Kier alpha value is -0.690. The van der Waals surface area contributed by atoms with Gasteiger partial charge in [0, 0.05) is 5.03 Å². The molecule has 0 saturated carbocycles. The zero-order valence-corrected chi connectivity index (χ0v) is 7.90. The van der Waals surface area contributed by atoms with Gasteiger partial charge >= 0.3 is 0 Å². The Morgan fingerprint density at radius 1 is 1.55 bits per heavy atom. The van der Waals surface area contributed by atoms with Crippen LogP contribution < -0.4 is 0 Å². The number of hydrogen-bond acceptors (Lipinski definition) is 1. The Morgan fingerprint density at radius 2 is 2.09 bits per heavy atom. The molecule has 0 spiro atoms. The molecular formula is C9H13ClO. The summed E-state index contributed by atoms with van der Waals surface area (Å²) in [6.45, 7) is 7.43. The van der Waals surface area contributed by atoms with Gasteiger partial charge in [0.05, 0.1) is 7.11 Å². The molecule has 0 bridgehead atoms. The molecule has 0 rings (SSSR count). The van der Waals surface area contributed by atoms with Gasteiger partial charge in [0.1, 0.15) is 5.76 Å². The summed E-state index contributed by atoms with van der Waals surface area (Å²) in [5.74, 6) is 0.748. The molecule has 0 N–H and O–H groups in total. The Labute approximate surface area is 73.0 Å². The quantitative estimate of drug-likeness (QED) is 0.469. The number of ether oxygens (including phenoxy) is 1. The van der Waals surface area contributed by atoms with E-state index in [0.29, 0.717) is 5.03 Å². The predicted octanol–water partition coefficient (Wildman–Crippen LogP) is 3.24. The SMILES string of the molecule is C=C(C)/C(Cl)=C\C(=C/C)OC. The van der Waals surface area contributed by atoms with Crippen molar-refractivity contribution in [2.75, 3.05) is 7.11 Å². The van der Waals surface area contributed by atoms with Gasteiger partial charge in [-0.1, -0.05) is 18.2 Å². The molecule has 2 heteroatoms. The first-order valence-electron chi connectivity index (χ1n) is 3.35. The lowest BCUT2D eigenvalue weighted by Gasteiger charge is -2.00. The van der Waals surface area contributed by atoms with E-state index in [1.54, 1.807) is 13.2 Å². The minimum absolute atomic E-state index is 0.625. The smallest absolute Gasteiger partial charge is 0.116 e. The minimum Gasteiger partial charge on any atom is -0.497 e. The van der Waals surface area contributed by atoms with E-state index in [2.05, 4.69) is 6.58 Å². The van der Waals surface area contributed by atoms with Crippen LogP contribution in [0, 0.1) is 0 Å². The zero-order valence-electron chi connectivity index (χ0n) is 7.15. The van der Waals surface area contributed by atoms with E-state index in [4.69, 9.17) is 16.3 Å². The molecule has 0 aliphatic heterocycles. The van der Waals surface area contributed by atoms with Crippen LogP contribution in [0.15, 0.2) is 35.1 Å². The maximum Gasteiger partial charge on any atom is 0.116 e. The lowest BCUT2D eigenvalue weighted by atomic mass is 10.3. The second-order valence-corrected chi connectivity index (χ2v) is 2.57. The highest BCUT2D eigenvalue weighted by Gasteiger charge is 1.94. The molecule has 62 valence electrons. The number of methoxy groups -OCH3 is 1. The van der Waals surface area contributed by atoms with Crippen molar-refractivity contribution < 1.29 is 4.74 Å². The summed E-state index contributed by atoms with van der Waals surface area (Å²) in [7, 11) is 1.61. The third-order valence-electron chi connectivity index (χ3n) is 1.20. The van der Waals surface area contributed by atoms with Crippen molar-refractivity contribution in [2.45, 2.75) is 13.8 Å². The van der Waals surface area contributed by atoms with Crippen LogP contribution in [0.2, 0.25) is 0 Å². The van der Waals surface area contributed by atoms with Gasteiger partial charge in [0.2, 0.25) is 0 Å². The highest BCUT2D eigenvalue weighted by Crippen LogP contribution is 2.14. The number of hydrogen-bond donors (Lipinski definition) is 0. The van der Waals surface area contributed by atoms with Crippen molar-refractivity contribution in [1.82, 2.24) is 0 Å². The summed E-state index contributed by atoms with van der Waals surface area (Å²) < 4.78 is 4.98. The van der Waals surface area contributed by atoms with Gasteiger partial charge in [0.25, 0.3) is 0 Å². The number of halogens is 1. The summed E-state index contributed by atoms with van der Waals surface area (Å²) in [4.78, 5) is 0. The van der Waals surface area contributed by atoms with E-state index in [1.807, 2.05) is 19.9 Å². The first kappa shape index (κ1) is 10.3.